The van der Waals surface area contributed by atoms with Crippen LogP contribution in [-0.4, -0.2) is 43.0 Å². The Labute approximate surface area is 122 Å². The normalized spacial score (nSPS) is 26.0. The first-order valence-electron chi connectivity index (χ1n) is 7.18. The van der Waals surface area contributed by atoms with Gasteiger partial charge in [-0.3, -0.25) is 4.90 Å². The lowest BCUT2D eigenvalue weighted by Gasteiger charge is -2.28. The quantitative estimate of drug-likeness (QED) is 0.830. The fourth-order valence-electron chi connectivity index (χ4n) is 3.30. The molecule has 1 heterocycles. The molecule has 0 spiro atoms. The Balaban J connectivity index is 2.13. The van der Waals surface area contributed by atoms with Gasteiger partial charge in [-0.25, -0.2) is 0 Å². The summed E-state index contributed by atoms with van der Waals surface area (Å²) < 4.78 is 0. The van der Waals surface area contributed by atoms with Gasteiger partial charge >= 0.3 is 0 Å². The van der Waals surface area contributed by atoms with E-state index in [4.69, 9.17) is 11.6 Å². The third-order valence-corrected chi connectivity index (χ3v) is 4.60. The van der Waals surface area contributed by atoms with Crippen molar-refractivity contribution in [2.24, 2.45) is 5.92 Å². The zero-order valence-corrected chi connectivity index (χ0v) is 13.2. The summed E-state index contributed by atoms with van der Waals surface area (Å²) in [6, 6.07) is 9.53. The second kappa shape index (κ2) is 6.25. The molecule has 1 aliphatic heterocycles. The van der Waals surface area contributed by atoms with Crippen molar-refractivity contribution in [2.45, 2.75) is 32.4 Å². The van der Waals surface area contributed by atoms with Crippen LogP contribution in [0.1, 0.15) is 31.9 Å². The Morgan fingerprint density at radius 2 is 1.89 bits per heavy atom. The Hall–Kier alpha value is -0.570. The molecule has 0 amide bonds. The number of rotatable bonds is 4. The maximum Gasteiger partial charge on any atom is 0.0406 e. The van der Waals surface area contributed by atoms with Crippen LogP contribution in [0.4, 0.5) is 0 Å². The van der Waals surface area contributed by atoms with Gasteiger partial charge in [-0.15, -0.1) is 0 Å². The minimum atomic E-state index is 0.518. The van der Waals surface area contributed by atoms with Gasteiger partial charge in [0.05, 0.1) is 0 Å². The summed E-state index contributed by atoms with van der Waals surface area (Å²) in [5.41, 5.74) is 1.39. The molecule has 1 aliphatic rings. The van der Waals surface area contributed by atoms with Gasteiger partial charge in [-0.1, -0.05) is 37.6 Å². The Morgan fingerprint density at radius 3 is 2.37 bits per heavy atom. The summed E-state index contributed by atoms with van der Waals surface area (Å²) in [7, 11) is 4.38. The van der Waals surface area contributed by atoms with Crippen molar-refractivity contribution in [3.63, 3.8) is 0 Å². The SMILES string of the molecule is CC[C@H](c1ccc(Cl)cc1)N1C[C@H](C)[C@@H](N(C)C)C1. The fourth-order valence-corrected chi connectivity index (χ4v) is 3.43. The van der Waals surface area contributed by atoms with Crippen molar-refractivity contribution in [3.05, 3.63) is 34.9 Å². The van der Waals surface area contributed by atoms with Crippen molar-refractivity contribution < 1.29 is 0 Å². The van der Waals surface area contributed by atoms with Crippen LogP contribution in [0.5, 0.6) is 0 Å². The molecule has 1 fully saturated rings. The van der Waals surface area contributed by atoms with Gasteiger partial charge in [0.25, 0.3) is 0 Å². The van der Waals surface area contributed by atoms with Crippen molar-refractivity contribution in [3.8, 4) is 0 Å². The number of likely N-dealkylation sites (tertiary alicyclic amines) is 1. The fraction of sp³-hybridized carbons (Fsp3) is 0.625. The molecule has 0 bridgehead atoms. The number of nitrogens with zero attached hydrogens (tertiary/aromatic N) is 2. The number of hydrogen-bond donors (Lipinski definition) is 0. The predicted octanol–water partition coefficient (Wildman–Crippen LogP) is 3.67. The van der Waals surface area contributed by atoms with Gasteiger partial charge in [0, 0.05) is 30.2 Å². The molecular weight excluding hydrogens is 256 g/mol. The lowest BCUT2D eigenvalue weighted by molar-refractivity contribution is 0.212. The molecule has 0 radical (unpaired) electrons. The second-order valence-corrected chi connectivity index (χ2v) is 6.37. The minimum absolute atomic E-state index is 0.518. The van der Waals surface area contributed by atoms with E-state index in [0.717, 1.165) is 23.9 Å². The summed E-state index contributed by atoms with van der Waals surface area (Å²) >= 11 is 5.99. The number of hydrogen-bond acceptors (Lipinski definition) is 2. The molecule has 3 heteroatoms. The molecule has 0 unspecified atom stereocenters. The molecule has 1 aromatic carbocycles. The topological polar surface area (TPSA) is 6.48 Å². The van der Waals surface area contributed by atoms with Crippen molar-refractivity contribution in [2.75, 3.05) is 27.2 Å². The average molecular weight is 281 g/mol. The van der Waals surface area contributed by atoms with Crippen LogP contribution in [0.3, 0.4) is 0 Å². The van der Waals surface area contributed by atoms with E-state index in [9.17, 15) is 0 Å². The monoisotopic (exact) mass is 280 g/mol. The van der Waals surface area contributed by atoms with Gasteiger partial charge < -0.3 is 4.90 Å². The van der Waals surface area contributed by atoms with Gasteiger partial charge in [-0.2, -0.15) is 0 Å². The highest BCUT2D eigenvalue weighted by atomic mass is 35.5. The van der Waals surface area contributed by atoms with Gasteiger partial charge in [-0.05, 0) is 44.1 Å². The van der Waals surface area contributed by atoms with Crippen LogP contribution < -0.4 is 0 Å². The van der Waals surface area contributed by atoms with Crippen LogP contribution in [0.25, 0.3) is 0 Å². The molecule has 0 saturated carbocycles. The summed E-state index contributed by atoms with van der Waals surface area (Å²) in [5, 5.41) is 0.819. The second-order valence-electron chi connectivity index (χ2n) is 5.94. The number of benzene rings is 1. The van der Waals surface area contributed by atoms with Crippen LogP contribution >= 0.6 is 11.6 Å². The van der Waals surface area contributed by atoms with Crippen molar-refractivity contribution in [1.29, 1.82) is 0 Å². The maximum absolute atomic E-state index is 5.99. The van der Waals surface area contributed by atoms with E-state index in [1.807, 2.05) is 12.1 Å². The molecule has 1 saturated heterocycles. The summed E-state index contributed by atoms with van der Waals surface area (Å²) in [4.78, 5) is 4.98. The largest absolute Gasteiger partial charge is 0.305 e. The summed E-state index contributed by atoms with van der Waals surface area (Å²) in [6.07, 6.45) is 1.15. The first-order chi connectivity index (χ1) is 9.02. The third-order valence-electron chi connectivity index (χ3n) is 4.35. The summed E-state index contributed by atoms with van der Waals surface area (Å²) in [6.45, 7) is 6.98. The Kier molecular flexibility index (Phi) is 4.88. The van der Waals surface area contributed by atoms with E-state index in [2.05, 4.69) is 49.9 Å². The van der Waals surface area contributed by atoms with Crippen molar-refractivity contribution >= 4 is 11.6 Å². The van der Waals surface area contributed by atoms with Gasteiger partial charge in [0.2, 0.25) is 0 Å². The highest BCUT2D eigenvalue weighted by molar-refractivity contribution is 6.30. The van der Waals surface area contributed by atoms with E-state index >= 15 is 0 Å². The smallest absolute Gasteiger partial charge is 0.0406 e. The van der Waals surface area contributed by atoms with Gasteiger partial charge in [0.15, 0.2) is 0 Å². The van der Waals surface area contributed by atoms with Crippen LogP contribution in [0.15, 0.2) is 24.3 Å². The molecular formula is C16H25ClN2. The van der Waals surface area contributed by atoms with E-state index in [-0.39, 0.29) is 0 Å². The Morgan fingerprint density at radius 1 is 1.26 bits per heavy atom. The van der Waals surface area contributed by atoms with Crippen LogP contribution in [0.2, 0.25) is 5.02 Å². The molecule has 3 atom stereocenters. The summed E-state index contributed by atoms with van der Waals surface area (Å²) in [5.74, 6) is 0.733. The molecule has 0 aliphatic carbocycles. The van der Waals surface area contributed by atoms with Gasteiger partial charge in [0.1, 0.15) is 0 Å². The van der Waals surface area contributed by atoms with Crippen LogP contribution in [-0.2, 0) is 0 Å². The number of likely N-dealkylation sites (N-methyl/N-ethyl adjacent to an activating group) is 1. The number of halogens is 1. The highest BCUT2D eigenvalue weighted by Crippen LogP contribution is 2.31. The van der Waals surface area contributed by atoms with E-state index in [1.54, 1.807) is 0 Å². The lowest BCUT2D eigenvalue weighted by Crippen LogP contribution is -2.35. The molecule has 0 aromatic heterocycles. The average Bonchev–Trinajstić information content (AvgIpc) is 2.75. The molecule has 1 aromatic rings. The molecule has 19 heavy (non-hydrogen) atoms. The molecule has 2 nitrogen and oxygen atoms in total. The van der Waals surface area contributed by atoms with E-state index in [1.165, 1.54) is 12.1 Å². The minimum Gasteiger partial charge on any atom is -0.305 e. The highest BCUT2D eigenvalue weighted by Gasteiger charge is 2.34. The first kappa shape index (κ1) is 14.8. The maximum atomic E-state index is 5.99. The lowest BCUT2D eigenvalue weighted by atomic mass is 10.0. The predicted molar refractivity (Wildman–Crippen MR) is 82.7 cm³/mol. The van der Waals surface area contributed by atoms with Crippen molar-refractivity contribution in [1.82, 2.24) is 9.80 Å². The van der Waals surface area contributed by atoms with Crippen LogP contribution in [0, 0.1) is 5.92 Å². The Bertz CT molecular complexity index is 402. The molecule has 2 rings (SSSR count). The standard InChI is InChI=1S/C16H25ClN2/c1-5-15(13-6-8-14(17)9-7-13)19-10-12(2)16(11-19)18(3)4/h6-9,12,15-16H,5,10-11H2,1-4H3/t12-,15+,16-/m0/s1. The zero-order valence-electron chi connectivity index (χ0n) is 12.4. The van der Waals surface area contributed by atoms with E-state index < -0.39 is 0 Å². The molecule has 0 N–H and O–H groups in total. The third kappa shape index (κ3) is 3.31. The van der Waals surface area contributed by atoms with E-state index in [0.29, 0.717) is 12.1 Å². The first-order valence-corrected chi connectivity index (χ1v) is 7.56. The zero-order chi connectivity index (χ0) is 14.0. The molecule has 106 valence electrons.